The molecule has 5 rings (SSSR count). The van der Waals surface area contributed by atoms with Gasteiger partial charge in [-0.1, -0.05) is 36.3 Å². The predicted molar refractivity (Wildman–Crippen MR) is 107 cm³/mol. The number of hydrogen-bond acceptors (Lipinski definition) is 5. The summed E-state index contributed by atoms with van der Waals surface area (Å²) in [6.07, 6.45) is 8.32. The molecule has 5 nitrogen and oxygen atoms in total. The van der Waals surface area contributed by atoms with Crippen molar-refractivity contribution in [2.24, 2.45) is 5.92 Å². The molecule has 2 aromatic rings. The van der Waals surface area contributed by atoms with Crippen molar-refractivity contribution in [1.29, 1.82) is 0 Å². The van der Waals surface area contributed by atoms with Crippen LogP contribution in [0.5, 0.6) is 5.88 Å². The van der Waals surface area contributed by atoms with Gasteiger partial charge in [-0.15, -0.1) is 6.42 Å². The van der Waals surface area contributed by atoms with Crippen LogP contribution < -0.4 is 4.74 Å². The van der Waals surface area contributed by atoms with E-state index in [0.717, 1.165) is 42.8 Å². The Balaban J connectivity index is 1.77. The summed E-state index contributed by atoms with van der Waals surface area (Å²) in [5.74, 6) is 3.42. The number of aromatic nitrogens is 1. The molecular formula is C23H26N2O3. The largest absolute Gasteiger partial charge is 0.475 e. The minimum Gasteiger partial charge on any atom is -0.475 e. The fourth-order valence-electron chi connectivity index (χ4n) is 4.70. The van der Waals surface area contributed by atoms with Crippen molar-refractivity contribution in [2.45, 2.75) is 30.9 Å². The van der Waals surface area contributed by atoms with Gasteiger partial charge >= 0.3 is 0 Å². The monoisotopic (exact) mass is 378 g/mol. The molecule has 0 saturated carbocycles. The van der Waals surface area contributed by atoms with E-state index in [1.807, 2.05) is 36.4 Å². The molecule has 2 N–H and O–H groups in total. The molecule has 0 spiro atoms. The molecule has 3 aliphatic rings. The lowest BCUT2D eigenvalue weighted by molar-refractivity contribution is -0.143. The van der Waals surface area contributed by atoms with Crippen LogP contribution in [-0.4, -0.2) is 52.4 Å². The first-order valence-electron chi connectivity index (χ1n) is 9.87. The van der Waals surface area contributed by atoms with E-state index in [4.69, 9.17) is 21.3 Å². The second-order valence-electron chi connectivity index (χ2n) is 7.58. The molecule has 1 aromatic carbocycles. The van der Waals surface area contributed by atoms with Crippen LogP contribution in [0.4, 0.5) is 0 Å². The first kappa shape index (κ1) is 18.9. The number of ether oxygens (including phenoxy) is 1. The van der Waals surface area contributed by atoms with Gasteiger partial charge in [0.25, 0.3) is 0 Å². The lowest BCUT2D eigenvalue weighted by Crippen LogP contribution is -2.63. The molecule has 2 atom stereocenters. The SMILES string of the molecule is C#CC1N2CCC(CC2)C1(O)c1ccc(OCCO)nc1Cc1ccccc1. The van der Waals surface area contributed by atoms with E-state index >= 15 is 0 Å². The van der Waals surface area contributed by atoms with Gasteiger partial charge in [0.15, 0.2) is 0 Å². The Bertz CT molecular complexity index is 856. The molecule has 2 unspecified atom stereocenters. The van der Waals surface area contributed by atoms with Crippen molar-refractivity contribution >= 4 is 0 Å². The molecule has 2 bridgehead atoms. The van der Waals surface area contributed by atoms with Crippen LogP contribution in [0.1, 0.15) is 29.7 Å². The minimum absolute atomic E-state index is 0.0718. The summed E-state index contributed by atoms with van der Waals surface area (Å²) < 4.78 is 5.53. The summed E-state index contributed by atoms with van der Waals surface area (Å²) in [7, 11) is 0. The molecule has 3 saturated heterocycles. The lowest BCUT2D eigenvalue weighted by Gasteiger charge is -2.54. The topological polar surface area (TPSA) is 65.8 Å². The van der Waals surface area contributed by atoms with Crippen LogP contribution in [0, 0.1) is 18.3 Å². The highest BCUT2D eigenvalue weighted by atomic mass is 16.5. The second kappa shape index (κ2) is 7.92. The van der Waals surface area contributed by atoms with E-state index in [-0.39, 0.29) is 25.2 Å². The molecular weight excluding hydrogens is 352 g/mol. The lowest BCUT2D eigenvalue weighted by atomic mass is 9.66. The summed E-state index contributed by atoms with van der Waals surface area (Å²) in [5.41, 5.74) is 1.57. The summed E-state index contributed by atoms with van der Waals surface area (Å²) in [4.78, 5) is 6.91. The van der Waals surface area contributed by atoms with Crippen molar-refractivity contribution in [3.63, 3.8) is 0 Å². The number of piperidine rings is 3. The van der Waals surface area contributed by atoms with Gasteiger partial charge in [-0.3, -0.25) is 4.90 Å². The number of aliphatic hydroxyl groups excluding tert-OH is 1. The standard InChI is InChI=1S/C23H26N2O3/c1-2-21-23(27,18-10-12-25(21)13-11-18)19-8-9-22(28-15-14-26)24-20(19)16-17-6-4-3-5-7-17/h1,3-9,18,21,26-27H,10-16H2. The third-order valence-electron chi connectivity index (χ3n) is 6.03. The van der Waals surface area contributed by atoms with Crippen molar-refractivity contribution in [3.8, 4) is 18.2 Å². The maximum atomic E-state index is 11.9. The molecule has 0 aliphatic carbocycles. The van der Waals surface area contributed by atoms with E-state index in [9.17, 15) is 5.11 Å². The molecule has 0 radical (unpaired) electrons. The maximum absolute atomic E-state index is 11.9. The van der Waals surface area contributed by atoms with Crippen LogP contribution >= 0.6 is 0 Å². The van der Waals surface area contributed by atoms with Crippen LogP contribution in [0.15, 0.2) is 42.5 Å². The number of rotatable bonds is 6. The van der Waals surface area contributed by atoms with Gasteiger partial charge in [-0.2, -0.15) is 0 Å². The summed E-state index contributed by atoms with van der Waals surface area (Å²) in [6, 6.07) is 13.4. The maximum Gasteiger partial charge on any atom is 0.213 e. The van der Waals surface area contributed by atoms with E-state index in [0.29, 0.717) is 12.3 Å². The number of benzene rings is 1. The molecule has 3 fully saturated rings. The Hall–Kier alpha value is -2.39. The zero-order chi connectivity index (χ0) is 19.6. The zero-order valence-electron chi connectivity index (χ0n) is 15.9. The van der Waals surface area contributed by atoms with E-state index in [1.54, 1.807) is 6.07 Å². The molecule has 28 heavy (non-hydrogen) atoms. The van der Waals surface area contributed by atoms with Gasteiger partial charge in [0, 0.05) is 18.1 Å². The Labute approximate surface area is 166 Å². The molecule has 5 heteroatoms. The number of pyridine rings is 1. The molecule has 146 valence electrons. The van der Waals surface area contributed by atoms with Crippen LogP contribution in [0.2, 0.25) is 0 Å². The smallest absolute Gasteiger partial charge is 0.213 e. The first-order valence-corrected chi connectivity index (χ1v) is 9.87. The van der Waals surface area contributed by atoms with Crippen molar-refractivity contribution in [1.82, 2.24) is 9.88 Å². The molecule has 0 amide bonds. The first-order chi connectivity index (χ1) is 13.7. The van der Waals surface area contributed by atoms with Crippen molar-refractivity contribution in [2.75, 3.05) is 26.3 Å². The van der Waals surface area contributed by atoms with Crippen molar-refractivity contribution in [3.05, 3.63) is 59.3 Å². The summed E-state index contributed by atoms with van der Waals surface area (Å²) in [5, 5.41) is 21.0. The van der Waals surface area contributed by atoms with Gasteiger partial charge in [-0.25, -0.2) is 4.98 Å². The van der Waals surface area contributed by atoms with Crippen LogP contribution in [0.3, 0.4) is 0 Å². The Morgan fingerprint density at radius 3 is 2.61 bits per heavy atom. The van der Waals surface area contributed by atoms with Gasteiger partial charge < -0.3 is 14.9 Å². The normalized spacial score (nSPS) is 28.7. The van der Waals surface area contributed by atoms with Crippen LogP contribution in [0.25, 0.3) is 0 Å². The van der Waals surface area contributed by atoms with E-state index < -0.39 is 5.60 Å². The predicted octanol–water partition coefficient (Wildman–Crippen LogP) is 1.96. The van der Waals surface area contributed by atoms with Crippen molar-refractivity contribution < 1.29 is 14.9 Å². The molecule has 4 heterocycles. The number of aliphatic hydroxyl groups is 2. The fourth-order valence-corrected chi connectivity index (χ4v) is 4.70. The Kier molecular flexibility index (Phi) is 5.36. The second-order valence-corrected chi connectivity index (χ2v) is 7.58. The number of terminal acetylenes is 1. The number of hydrogen-bond donors (Lipinski definition) is 2. The quantitative estimate of drug-likeness (QED) is 0.753. The minimum atomic E-state index is -1.11. The fraction of sp³-hybridized carbons (Fsp3) is 0.435. The molecule has 3 aliphatic heterocycles. The zero-order valence-corrected chi connectivity index (χ0v) is 15.9. The van der Waals surface area contributed by atoms with Crippen LogP contribution in [-0.2, 0) is 12.0 Å². The highest BCUT2D eigenvalue weighted by Crippen LogP contribution is 2.47. The average Bonchev–Trinajstić information content (AvgIpc) is 2.74. The summed E-state index contributed by atoms with van der Waals surface area (Å²) >= 11 is 0. The van der Waals surface area contributed by atoms with Gasteiger partial charge in [0.05, 0.1) is 12.3 Å². The molecule has 1 aromatic heterocycles. The van der Waals surface area contributed by atoms with Gasteiger partial charge in [0.1, 0.15) is 18.2 Å². The Morgan fingerprint density at radius 1 is 1.18 bits per heavy atom. The van der Waals surface area contributed by atoms with E-state index in [2.05, 4.69) is 10.8 Å². The van der Waals surface area contributed by atoms with Gasteiger partial charge in [0.2, 0.25) is 5.88 Å². The highest BCUT2D eigenvalue weighted by Gasteiger charge is 2.54. The van der Waals surface area contributed by atoms with Gasteiger partial charge in [-0.05, 0) is 43.5 Å². The van der Waals surface area contributed by atoms with E-state index in [1.165, 1.54) is 0 Å². The highest BCUT2D eigenvalue weighted by molar-refractivity contribution is 5.39. The number of fused-ring (bicyclic) bond motifs is 3. The number of nitrogens with zero attached hydrogens (tertiary/aromatic N) is 2. The average molecular weight is 378 g/mol. The Morgan fingerprint density at radius 2 is 1.93 bits per heavy atom. The summed E-state index contributed by atoms with van der Waals surface area (Å²) in [6.45, 7) is 1.98. The third kappa shape index (κ3) is 3.29. The third-order valence-corrected chi connectivity index (χ3v) is 6.03.